The van der Waals surface area contributed by atoms with Gasteiger partial charge in [0.25, 0.3) is 0 Å². The molecule has 0 aliphatic rings. The lowest BCUT2D eigenvalue weighted by Crippen LogP contribution is -1.94. The third-order valence-electron chi connectivity index (χ3n) is 1.85. The highest BCUT2D eigenvalue weighted by Crippen LogP contribution is 2.22. The van der Waals surface area contributed by atoms with Crippen LogP contribution in [-0.4, -0.2) is 4.98 Å². The second kappa shape index (κ2) is 4.37. The standard InChI is InChI=1S/C10H9IN2S/c11-8-3-1-2-7(4-8)9-6-14-10(5-12)13-9/h1-4,6H,5,12H2. The molecule has 0 aliphatic heterocycles. The van der Waals surface area contributed by atoms with Gasteiger partial charge in [-0.15, -0.1) is 11.3 Å². The SMILES string of the molecule is NCc1nc(-c2cccc(I)c2)cs1. The van der Waals surface area contributed by atoms with Crippen LogP contribution in [-0.2, 0) is 6.54 Å². The topological polar surface area (TPSA) is 38.9 Å². The highest BCUT2D eigenvalue weighted by atomic mass is 127. The first kappa shape index (κ1) is 10.1. The first-order chi connectivity index (χ1) is 6.79. The molecule has 72 valence electrons. The van der Waals surface area contributed by atoms with Gasteiger partial charge < -0.3 is 5.73 Å². The van der Waals surface area contributed by atoms with Crippen molar-refractivity contribution in [2.24, 2.45) is 5.73 Å². The molecule has 1 aromatic heterocycles. The number of aromatic nitrogens is 1. The van der Waals surface area contributed by atoms with E-state index >= 15 is 0 Å². The fourth-order valence-electron chi connectivity index (χ4n) is 1.19. The van der Waals surface area contributed by atoms with E-state index in [2.05, 4.69) is 45.8 Å². The number of benzene rings is 1. The van der Waals surface area contributed by atoms with Crippen molar-refractivity contribution in [2.45, 2.75) is 6.54 Å². The summed E-state index contributed by atoms with van der Waals surface area (Å²) in [7, 11) is 0. The maximum Gasteiger partial charge on any atom is 0.107 e. The van der Waals surface area contributed by atoms with Crippen molar-refractivity contribution in [1.29, 1.82) is 0 Å². The number of hydrogen-bond acceptors (Lipinski definition) is 3. The molecule has 0 unspecified atom stereocenters. The molecule has 2 aromatic rings. The van der Waals surface area contributed by atoms with E-state index in [4.69, 9.17) is 5.73 Å². The molecule has 2 nitrogen and oxygen atoms in total. The highest BCUT2D eigenvalue weighted by Gasteiger charge is 2.02. The lowest BCUT2D eigenvalue weighted by atomic mass is 10.2. The number of nitrogens with two attached hydrogens (primary N) is 1. The van der Waals surface area contributed by atoms with Crippen LogP contribution in [0.4, 0.5) is 0 Å². The fraction of sp³-hybridized carbons (Fsp3) is 0.100. The van der Waals surface area contributed by atoms with E-state index in [1.54, 1.807) is 11.3 Å². The van der Waals surface area contributed by atoms with Crippen LogP contribution in [0.15, 0.2) is 29.6 Å². The Kier molecular flexibility index (Phi) is 3.15. The van der Waals surface area contributed by atoms with E-state index in [9.17, 15) is 0 Å². The Balaban J connectivity index is 2.39. The zero-order chi connectivity index (χ0) is 9.97. The summed E-state index contributed by atoms with van der Waals surface area (Å²) < 4.78 is 1.22. The summed E-state index contributed by atoms with van der Waals surface area (Å²) in [5.41, 5.74) is 7.70. The summed E-state index contributed by atoms with van der Waals surface area (Å²) in [6.45, 7) is 0.522. The minimum absolute atomic E-state index is 0.522. The van der Waals surface area contributed by atoms with E-state index in [1.807, 2.05) is 11.4 Å². The van der Waals surface area contributed by atoms with Crippen molar-refractivity contribution >= 4 is 33.9 Å². The van der Waals surface area contributed by atoms with Gasteiger partial charge in [-0.1, -0.05) is 12.1 Å². The second-order valence-electron chi connectivity index (χ2n) is 2.84. The Morgan fingerprint density at radius 1 is 1.43 bits per heavy atom. The van der Waals surface area contributed by atoms with Gasteiger partial charge in [0, 0.05) is 21.1 Å². The first-order valence-electron chi connectivity index (χ1n) is 4.20. The number of halogens is 1. The predicted octanol–water partition coefficient (Wildman–Crippen LogP) is 2.87. The van der Waals surface area contributed by atoms with Gasteiger partial charge in [-0.05, 0) is 34.7 Å². The zero-order valence-corrected chi connectivity index (χ0v) is 10.4. The molecule has 0 saturated heterocycles. The summed E-state index contributed by atoms with van der Waals surface area (Å²) >= 11 is 3.91. The van der Waals surface area contributed by atoms with Gasteiger partial charge in [-0.3, -0.25) is 0 Å². The van der Waals surface area contributed by atoms with Crippen molar-refractivity contribution < 1.29 is 0 Å². The van der Waals surface area contributed by atoms with Gasteiger partial charge in [-0.2, -0.15) is 0 Å². The Morgan fingerprint density at radius 2 is 2.29 bits per heavy atom. The van der Waals surface area contributed by atoms with Crippen molar-refractivity contribution in [2.75, 3.05) is 0 Å². The minimum atomic E-state index is 0.522. The van der Waals surface area contributed by atoms with Crippen LogP contribution in [0.25, 0.3) is 11.3 Å². The Bertz CT molecular complexity index is 439. The largest absolute Gasteiger partial charge is 0.325 e. The van der Waals surface area contributed by atoms with Gasteiger partial charge in [-0.25, -0.2) is 4.98 Å². The summed E-state index contributed by atoms with van der Waals surface area (Å²) in [5.74, 6) is 0. The molecular weight excluding hydrogens is 307 g/mol. The normalized spacial score (nSPS) is 10.4. The molecule has 2 N–H and O–H groups in total. The van der Waals surface area contributed by atoms with Gasteiger partial charge in [0.2, 0.25) is 0 Å². The van der Waals surface area contributed by atoms with E-state index in [0.717, 1.165) is 16.3 Å². The monoisotopic (exact) mass is 316 g/mol. The Morgan fingerprint density at radius 3 is 2.93 bits per heavy atom. The smallest absolute Gasteiger partial charge is 0.107 e. The number of rotatable bonds is 2. The molecule has 0 amide bonds. The lowest BCUT2D eigenvalue weighted by molar-refractivity contribution is 1.04. The molecule has 0 radical (unpaired) electrons. The molecule has 1 aromatic carbocycles. The van der Waals surface area contributed by atoms with Crippen LogP contribution in [0.2, 0.25) is 0 Å². The third kappa shape index (κ3) is 2.13. The van der Waals surface area contributed by atoms with Crippen LogP contribution in [0, 0.1) is 3.57 Å². The molecule has 14 heavy (non-hydrogen) atoms. The molecule has 0 spiro atoms. The minimum Gasteiger partial charge on any atom is -0.325 e. The van der Waals surface area contributed by atoms with E-state index in [0.29, 0.717) is 6.54 Å². The molecular formula is C10H9IN2S. The van der Waals surface area contributed by atoms with Crippen molar-refractivity contribution in [3.8, 4) is 11.3 Å². The molecule has 0 aliphatic carbocycles. The number of hydrogen-bond donors (Lipinski definition) is 1. The summed E-state index contributed by atoms with van der Waals surface area (Å²) in [6.07, 6.45) is 0. The van der Waals surface area contributed by atoms with Gasteiger partial charge in [0.1, 0.15) is 5.01 Å². The molecule has 0 bridgehead atoms. The van der Waals surface area contributed by atoms with Gasteiger partial charge in [0.05, 0.1) is 5.69 Å². The first-order valence-corrected chi connectivity index (χ1v) is 6.16. The lowest BCUT2D eigenvalue weighted by Gasteiger charge is -1.96. The maximum absolute atomic E-state index is 5.52. The molecule has 1 heterocycles. The molecule has 0 saturated carbocycles. The fourth-order valence-corrected chi connectivity index (χ4v) is 2.41. The average Bonchev–Trinajstić information content (AvgIpc) is 2.66. The van der Waals surface area contributed by atoms with E-state index < -0.39 is 0 Å². The highest BCUT2D eigenvalue weighted by molar-refractivity contribution is 14.1. The quantitative estimate of drug-likeness (QED) is 0.865. The molecule has 2 rings (SSSR count). The second-order valence-corrected chi connectivity index (χ2v) is 5.03. The summed E-state index contributed by atoms with van der Waals surface area (Å²) in [6, 6.07) is 8.30. The average molecular weight is 316 g/mol. The Labute approximate surface area is 100 Å². The van der Waals surface area contributed by atoms with E-state index in [-0.39, 0.29) is 0 Å². The maximum atomic E-state index is 5.52. The Hall–Kier alpha value is -0.460. The van der Waals surface area contributed by atoms with Crippen LogP contribution in [0.1, 0.15) is 5.01 Å². The zero-order valence-electron chi connectivity index (χ0n) is 7.40. The van der Waals surface area contributed by atoms with Crippen LogP contribution in [0.5, 0.6) is 0 Å². The predicted molar refractivity (Wildman–Crippen MR) is 68.2 cm³/mol. The van der Waals surface area contributed by atoms with Crippen LogP contribution >= 0.6 is 33.9 Å². The van der Waals surface area contributed by atoms with E-state index in [1.165, 1.54) is 3.57 Å². The third-order valence-corrected chi connectivity index (χ3v) is 3.39. The summed E-state index contributed by atoms with van der Waals surface area (Å²) in [4.78, 5) is 4.43. The van der Waals surface area contributed by atoms with Crippen LogP contribution in [0.3, 0.4) is 0 Å². The molecule has 4 heteroatoms. The van der Waals surface area contributed by atoms with Crippen molar-refractivity contribution in [1.82, 2.24) is 4.98 Å². The summed E-state index contributed by atoms with van der Waals surface area (Å²) in [5, 5.41) is 3.03. The van der Waals surface area contributed by atoms with Gasteiger partial charge in [0.15, 0.2) is 0 Å². The molecule has 0 atom stereocenters. The molecule has 0 fully saturated rings. The van der Waals surface area contributed by atoms with Crippen molar-refractivity contribution in [3.63, 3.8) is 0 Å². The van der Waals surface area contributed by atoms with Gasteiger partial charge >= 0.3 is 0 Å². The number of nitrogens with zero attached hydrogens (tertiary/aromatic N) is 1. The van der Waals surface area contributed by atoms with Crippen molar-refractivity contribution in [3.05, 3.63) is 38.2 Å². The van der Waals surface area contributed by atoms with Crippen LogP contribution < -0.4 is 5.73 Å². The number of thiazole rings is 1.